The Morgan fingerprint density at radius 3 is 1.69 bits per heavy atom. The maximum Gasteiger partial charge on any atom is 0.490 e. The predicted molar refractivity (Wildman–Crippen MR) is 229 cm³/mol. The van der Waals surface area contributed by atoms with E-state index in [0.717, 1.165) is 16.3 Å². The lowest BCUT2D eigenvalue weighted by Crippen LogP contribution is -2.58. The summed E-state index contributed by atoms with van der Waals surface area (Å²) in [6.07, 6.45) is -4.75. The smallest absolute Gasteiger partial charge is 0.490 e. The van der Waals surface area contributed by atoms with Crippen LogP contribution in [0.3, 0.4) is 0 Å². The summed E-state index contributed by atoms with van der Waals surface area (Å²) >= 11 is 0. The Labute approximate surface area is 363 Å². The zero-order valence-corrected chi connectivity index (χ0v) is 34.1. The van der Waals surface area contributed by atoms with Crippen molar-refractivity contribution in [3.8, 4) is 5.75 Å². The van der Waals surface area contributed by atoms with Crippen molar-refractivity contribution < 1.29 is 52.2 Å². The number of carboxylic acid groups (broad SMARTS) is 1. The van der Waals surface area contributed by atoms with Crippen molar-refractivity contribution in [2.24, 2.45) is 32.9 Å². The molecule has 64 heavy (non-hydrogen) atoms. The van der Waals surface area contributed by atoms with Gasteiger partial charge in [0.25, 0.3) is 0 Å². The third kappa shape index (κ3) is 15.8. The highest BCUT2D eigenvalue weighted by atomic mass is 19.4. The number of fused-ring (bicyclic) bond motifs is 1. The highest BCUT2D eigenvalue weighted by Gasteiger charge is 2.38. The van der Waals surface area contributed by atoms with Crippen molar-refractivity contribution in [3.63, 3.8) is 0 Å². The highest BCUT2D eigenvalue weighted by molar-refractivity contribution is 5.97. The Bertz CT molecular complexity index is 2350. The number of benzene rings is 4. The molecule has 4 aromatic rings. The van der Waals surface area contributed by atoms with E-state index in [9.17, 15) is 42.3 Å². The first kappa shape index (κ1) is 48.8. The molecule has 0 bridgehead atoms. The summed E-state index contributed by atoms with van der Waals surface area (Å²) in [6, 6.07) is 21.2. The molecule has 0 aromatic heterocycles. The van der Waals surface area contributed by atoms with Crippen LogP contribution in [0, 0.1) is 0 Å². The number of phenols is 1. The number of aromatic hydroxyl groups is 1. The van der Waals surface area contributed by atoms with Gasteiger partial charge in [0.2, 0.25) is 29.5 Å². The van der Waals surface area contributed by atoms with Crippen molar-refractivity contribution in [3.05, 3.63) is 108 Å². The monoisotopic (exact) mass is 891 g/mol. The number of hydrogen-bond acceptors (Lipinski definition) is 9. The molecule has 15 N–H and O–H groups in total. The maximum absolute atomic E-state index is 14.2. The maximum atomic E-state index is 14.2. The van der Waals surface area contributed by atoms with E-state index in [2.05, 4.69) is 36.6 Å². The van der Waals surface area contributed by atoms with Crippen LogP contribution < -0.4 is 49.5 Å². The van der Waals surface area contributed by atoms with Gasteiger partial charge in [0.15, 0.2) is 11.9 Å². The number of phenolic OH excluding ortho intramolecular Hbond substituents is 1. The SMILES string of the molecule is NC(N)=NCCC[C@@H]1NC(=O)[C@H](Cc2ccc(N=C(N)N)cc2)NC(=O)[C@@H](Cc2ccc(O)cc2)NC(=O)CNC(=O)[C@H](Cc2ccc3ccccc3c2)NC1=O.O=C(O)C(F)(F)F. The van der Waals surface area contributed by atoms with Crippen LogP contribution in [0.25, 0.3) is 10.8 Å². The van der Waals surface area contributed by atoms with E-state index in [1.807, 2.05) is 42.5 Å². The van der Waals surface area contributed by atoms with Crippen LogP contribution in [0.2, 0.25) is 0 Å². The molecule has 0 unspecified atom stereocenters. The quantitative estimate of drug-likeness (QED) is 0.0548. The van der Waals surface area contributed by atoms with Crippen molar-refractivity contribution in [1.29, 1.82) is 0 Å². The summed E-state index contributed by atoms with van der Waals surface area (Å²) < 4.78 is 31.7. The van der Waals surface area contributed by atoms with Crippen LogP contribution in [0.5, 0.6) is 5.75 Å². The fraction of sp³-hybridized carbons (Fsp3) is 0.286. The van der Waals surface area contributed by atoms with Crippen molar-refractivity contribution >= 4 is 63.9 Å². The zero-order chi connectivity index (χ0) is 47.0. The number of nitrogens with one attached hydrogen (secondary N) is 5. The summed E-state index contributed by atoms with van der Waals surface area (Å²) in [5.41, 5.74) is 24.4. The number of carboxylic acids is 1. The van der Waals surface area contributed by atoms with Gasteiger partial charge < -0.3 is 59.7 Å². The highest BCUT2D eigenvalue weighted by Crippen LogP contribution is 2.19. The molecular formula is C42H48F3N11O8. The molecule has 0 saturated carbocycles. The minimum atomic E-state index is -5.08. The van der Waals surface area contributed by atoms with Gasteiger partial charge in [0.05, 0.1) is 12.2 Å². The van der Waals surface area contributed by atoms with E-state index < -0.39 is 72.4 Å². The Morgan fingerprint density at radius 1 is 0.641 bits per heavy atom. The second kappa shape index (κ2) is 22.8. The molecule has 5 amide bonds. The lowest BCUT2D eigenvalue weighted by atomic mass is 10.00. The number of rotatable bonds is 11. The van der Waals surface area contributed by atoms with Gasteiger partial charge in [-0.1, -0.05) is 66.7 Å². The number of halogens is 3. The topological polar surface area (TPSA) is 332 Å². The Morgan fingerprint density at radius 2 is 1.12 bits per heavy atom. The first-order valence-corrected chi connectivity index (χ1v) is 19.5. The van der Waals surface area contributed by atoms with Crippen LogP contribution in [0.15, 0.2) is 101 Å². The van der Waals surface area contributed by atoms with Gasteiger partial charge in [-0.3, -0.25) is 29.0 Å². The fourth-order valence-corrected chi connectivity index (χ4v) is 6.31. The van der Waals surface area contributed by atoms with Crippen molar-refractivity contribution in [1.82, 2.24) is 26.6 Å². The molecule has 4 atom stereocenters. The van der Waals surface area contributed by atoms with Crippen molar-refractivity contribution in [2.75, 3.05) is 13.1 Å². The first-order chi connectivity index (χ1) is 30.3. The number of aliphatic carboxylic acids is 1. The number of aliphatic imine (C=N–C) groups is 2. The number of carbonyl (C=O) groups excluding carboxylic acids is 5. The van der Waals surface area contributed by atoms with Gasteiger partial charge >= 0.3 is 12.1 Å². The Kier molecular flexibility index (Phi) is 17.4. The lowest BCUT2D eigenvalue weighted by molar-refractivity contribution is -0.192. The van der Waals surface area contributed by atoms with E-state index >= 15 is 0 Å². The van der Waals surface area contributed by atoms with Crippen molar-refractivity contribution in [2.45, 2.75) is 62.4 Å². The molecular weight excluding hydrogens is 844 g/mol. The number of carbonyl (C=O) groups is 6. The standard InChI is InChI=1S/C40H47N11O6.C2HF3O2/c41-39(42)45-17-3-6-30-36(55)50-31(21-25-7-12-26-4-1-2-5-27(26)18-25)35(54)46-22-34(53)48-32(19-24-10-15-29(52)16-11-24)37(56)51-33(38(57)49-30)20-23-8-13-28(14-9-23)47-40(43)44;3-2(4,5)1(6)7/h1-2,4-5,7-16,18,30-33,52H,3,6,17,19-22H2,(H,46,54)(H,48,53)(H,49,57)(H,50,55)(H,51,56)(H4,41,42,45)(H4,43,44,47);(H,6,7)/t30-,31-,32+,33-;/m0./s1. The summed E-state index contributed by atoms with van der Waals surface area (Å²) in [7, 11) is 0. The lowest BCUT2D eigenvalue weighted by Gasteiger charge is -2.26. The zero-order valence-electron chi connectivity index (χ0n) is 34.1. The Hall–Kier alpha value is -7.91. The van der Waals surface area contributed by atoms with Gasteiger partial charge in [-0.25, -0.2) is 9.79 Å². The minimum Gasteiger partial charge on any atom is -0.508 e. The average Bonchev–Trinajstić information content (AvgIpc) is 3.23. The van der Waals surface area contributed by atoms with E-state index in [0.29, 0.717) is 16.8 Å². The molecule has 22 heteroatoms. The van der Waals surface area contributed by atoms with Gasteiger partial charge in [-0.2, -0.15) is 13.2 Å². The molecule has 340 valence electrons. The number of hydrogen-bond donors (Lipinski definition) is 11. The first-order valence-electron chi connectivity index (χ1n) is 19.5. The molecule has 0 radical (unpaired) electrons. The fourth-order valence-electron chi connectivity index (χ4n) is 6.31. The van der Waals surface area contributed by atoms with E-state index in [4.69, 9.17) is 32.8 Å². The molecule has 1 saturated heterocycles. The van der Waals surface area contributed by atoms with Crippen LogP contribution in [0.4, 0.5) is 18.9 Å². The number of nitrogens with two attached hydrogens (primary N) is 4. The number of nitrogens with zero attached hydrogens (tertiary/aromatic N) is 2. The van der Waals surface area contributed by atoms with Gasteiger partial charge in [0.1, 0.15) is 29.9 Å². The van der Waals surface area contributed by atoms with Gasteiger partial charge in [0, 0.05) is 25.8 Å². The Balaban J connectivity index is 0.00000118. The largest absolute Gasteiger partial charge is 0.508 e. The number of alkyl halides is 3. The predicted octanol–water partition coefficient (Wildman–Crippen LogP) is 0.234. The molecule has 5 rings (SSSR count). The molecule has 1 fully saturated rings. The number of guanidine groups is 2. The second-order valence-corrected chi connectivity index (χ2v) is 14.4. The van der Waals surface area contributed by atoms with E-state index in [-0.39, 0.29) is 56.3 Å². The normalized spacial score (nSPS) is 18.5. The molecule has 0 aliphatic carbocycles. The minimum absolute atomic E-state index is 0.00821. The van der Waals surface area contributed by atoms with E-state index in [1.54, 1.807) is 36.4 Å². The van der Waals surface area contributed by atoms with Gasteiger partial charge in [-0.05, 0) is 64.6 Å². The number of amides is 5. The molecule has 1 heterocycles. The molecule has 4 aromatic carbocycles. The molecule has 1 aliphatic heterocycles. The molecule has 1 aliphatic rings. The summed E-state index contributed by atoms with van der Waals surface area (Å²) in [5.74, 6) is -6.48. The summed E-state index contributed by atoms with van der Waals surface area (Å²) in [5, 5.41) is 32.4. The van der Waals surface area contributed by atoms with Crippen LogP contribution in [-0.4, -0.2) is 101 Å². The van der Waals surface area contributed by atoms with Gasteiger partial charge in [-0.15, -0.1) is 0 Å². The summed E-state index contributed by atoms with van der Waals surface area (Å²) in [4.78, 5) is 86.3. The average molecular weight is 892 g/mol. The molecule has 19 nitrogen and oxygen atoms in total. The second-order valence-electron chi connectivity index (χ2n) is 14.4. The molecule has 0 spiro atoms. The van der Waals surface area contributed by atoms with Crippen LogP contribution >= 0.6 is 0 Å². The third-order valence-electron chi connectivity index (χ3n) is 9.43. The summed E-state index contributed by atoms with van der Waals surface area (Å²) in [6.45, 7) is -0.370. The van der Waals surface area contributed by atoms with E-state index in [1.165, 1.54) is 12.1 Å². The van der Waals surface area contributed by atoms with Crippen LogP contribution in [0.1, 0.15) is 29.5 Å². The van der Waals surface area contributed by atoms with Crippen LogP contribution in [-0.2, 0) is 48.0 Å². The third-order valence-corrected chi connectivity index (χ3v) is 9.43.